The third-order valence-corrected chi connectivity index (χ3v) is 5.04. The lowest BCUT2D eigenvalue weighted by Gasteiger charge is -2.06. The topological polar surface area (TPSA) is 45.0 Å². The van der Waals surface area contributed by atoms with Crippen molar-refractivity contribution in [3.05, 3.63) is 34.9 Å². The van der Waals surface area contributed by atoms with Gasteiger partial charge in [-0.05, 0) is 29.5 Å². The molecule has 1 saturated heterocycles. The van der Waals surface area contributed by atoms with E-state index in [1.165, 1.54) is 16.8 Å². The molecule has 2 heterocycles. The van der Waals surface area contributed by atoms with Crippen molar-refractivity contribution in [2.45, 2.75) is 4.71 Å². The molecule has 1 atom stereocenters. The van der Waals surface area contributed by atoms with Gasteiger partial charge in [-0.25, -0.2) is 10.0 Å². The van der Waals surface area contributed by atoms with E-state index < -0.39 is 0 Å². The lowest BCUT2D eigenvalue weighted by atomic mass is 10.2. The number of carbonyl (C=O) groups excluding carboxylic acids is 1. The molecule has 0 spiro atoms. The molecule has 7 heteroatoms. The number of thioether (sulfide) groups is 2. The van der Waals surface area contributed by atoms with E-state index in [1.54, 1.807) is 18.0 Å². The molecule has 1 aromatic carbocycles. The molecule has 1 amide bonds. The number of carbonyl (C=O) groups is 1. The molecule has 3 rings (SSSR count). The second-order valence-corrected chi connectivity index (χ2v) is 6.52. The van der Waals surface area contributed by atoms with Crippen LogP contribution in [-0.2, 0) is 4.79 Å². The Morgan fingerprint density at radius 2 is 2.22 bits per heavy atom. The smallest absolute Gasteiger partial charge is 0.254 e. The lowest BCUT2D eigenvalue weighted by molar-refractivity contribution is -0.126. The van der Waals surface area contributed by atoms with Gasteiger partial charge in [0.2, 0.25) is 5.17 Å². The minimum Gasteiger partial charge on any atom is -0.272 e. The summed E-state index contributed by atoms with van der Waals surface area (Å²) in [6.45, 7) is 0. The van der Waals surface area contributed by atoms with Crippen LogP contribution < -0.4 is 0 Å². The van der Waals surface area contributed by atoms with E-state index in [9.17, 15) is 4.79 Å². The number of hydrogen-bond donors (Lipinski definition) is 0. The second-order valence-electron chi connectivity index (χ2n) is 3.67. The van der Waals surface area contributed by atoms with Crippen LogP contribution in [0.5, 0.6) is 0 Å². The van der Waals surface area contributed by atoms with Gasteiger partial charge in [-0.3, -0.25) is 4.79 Å². The minimum atomic E-state index is 0.0502. The van der Waals surface area contributed by atoms with Crippen molar-refractivity contribution in [1.29, 1.82) is 0 Å². The number of rotatable bonds is 1. The fourth-order valence-corrected chi connectivity index (χ4v) is 3.80. The standard InChI is InChI=1S/C11H8ClN3OS2/c12-8-3-1-7(2-4-8)5-13-10-14-15-9(16)6-17-11(15)18-10/h1-5,11H,6H2/b13-5+. The van der Waals surface area contributed by atoms with Crippen LogP contribution in [0.25, 0.3) is 0 Å². The molecule has 1 aromatic rings. The van der Waals surface area contributed by atoms with Gasteiger partial charge in [0.1, 0.15) is 0 Å². The molecule has 0 bridgehead atoms. The van der Waals surface area contributed by atoms with Crippen LogP contribution in [-0.4, -0.2) is 32.8 Å². The van der Waals surface area contributed by atoms with E-state index in [2.05, 4.69) is 10.1 Å². The summed E-state index contributed by atoms with van der Waals surface area (Å²) in [6, 6.07) is 7.38. The van der Waals surface area contributed by atoms with E-state index in [0.717, 1.165) is 5.56 Å². The number of hydrogen-bond acceptors (Lipinski definition) is 5. The average Bonchev–Trinajstić information content (AvgIpc) is 2.91. The normalized spacial score (nSPS) is 22.7. The van der Waals surface area contributed by atoms with Gasteiger partial charge in [0, 0.05) is 11.2 Å². The number of aliphatic imine (C=N–C) groups is 1. The summed E-state index contributed by atoms with van der Waals surface area (Å²) in [4.78, 5) is 15.7. The largest absolute Gasteiger partial charge is 0.272 e. The summed E-state index contributed by atoms with van der Waals surface area (Å²) < 4.78 is 0.0647. The summed E-state index contributed by atoms with van der Waals surface area (Å²) in [7, 11) is 0. The van der Waals surface area contributed by atoms with E-state index in [1.807, 2.05) is 24.3 Å². The number of hydrazone groups is 1. The maximum absolute atomic E-state index is 11.4. The Hall–Kier alpha value is -0.980. The summed E-state index contributed by atoms with van der Waals surface area (Å²) in [6.07, 6.45) is 1.72. The molecule has 2 aliphatic heterocycles. The highest BCUT2D eigenvalue weighted by molar-refractivity contribution is 8.25. The first-order chi connectivity index (χ1) is 8.72. The van der Waals surface area contributed by atoms with Crippen molar-refractivity contribution in [2.75, 3.05) is 5.75 Å². The van der Waals surface area contributed by atoms with Crippen LogP contribution in [0.2, 0.25) is 5.02 Å². The van der Waals surface area contributed by atoms with Crippen molar-refractivity contribution >= 4 is 52.4 Å². The van der Waals surface area contributed by atoms with Gasteiger partial charge in [-0.15, -0.1) is 16.9 Å². The fraction of sp³-hybridized carbons (Fsp3) is 0.182. The molecule has 92 valence electrons. The van der Waals surface area contributed by atoms with Gasteiger partial charge >= 0.3 is 0 Å². The van der Waals surface area contributed by atoms with Crippen LogP contribution in [0, 0.1) is 0 Å². The predicted octanol–water partition coefficient (Wildman–Crippen LogP) is 2.64. The maximum Gasteiger partial charge on any atom is 0.254 e. The Labute approximate surface area is 117 Å². The molecule has 2 aliphatic rings. The van der Waals surface area contributed by atoms with Gasteiger partial charge in [0.25, 0.3) is 5.91 Å². The second kappa shape index (κ2) is 4.95. The van der Waals surface area contributed by atoms with Crippen LogP contribution in [0.1, 0.15) is 5.56 Å². The monoisotopic (exact) mass is 297 g/mol. The Morgan fingerprint density at radius 1 is 1.44 bits per heavy atom. The van der Waals surface area contributed by atoms with Crippen LogP contribution in [0.4, 0.5) is 0 Å². The molecule has 1 unspecified atom stereocenters. The molecule has 1 fully saturated rings. The first kappa shape index (κ1) is 12.1. The van der Waals surface area contributed by atoms with Gasteiger partial charge in [0.15, 0.2) is 4.71 Å². The predicted molar refractivity (Wildman–Crippen MR) is 77.2 cm³/mol. The Kier molecular flexibility index (Phi) is 3.32. The molecule has 0 saturated carbocycles. The van der Waals surface area contributed by atoms with E-state index in [0.29, 0.717) is 15.9 Å². The van der Waals surface area contributed by atoms with Gasteiger partial charge < -0.3 is 0 Å². The molecular weight excluding hydrogens is 290 g/mol. The molecule has 0 N–H and O–H groups in total. The number of nitrogens with zero attached hydrogens (tertiary/aromatic N) is 3. The number of halogens is 1. The summed E-state index contributed by atoms with van der Waals surface area (Å²) in [5.41, 5.74) is 0.953. The summed E-state index contributed by atoms with van der Waals surface area (Å²) in [5.74, 6) is 0.559. The Bertz CT molecular complexity index is 544. The van der Waals surface area contributed by atoms with Crippen molar-refractivity contribution in [1.82, 2.24) is 5.01 Å². The highest BCUT2D eigenvalue weighted by Crippen LogP contribution is 2.39. The number of amides is 1. The highest BCUT2D eigenvalue weighted by atomic mass is 35.5. The van der Waals surface area contributed by atoms with Gasteiger partial charge in [-0.2, -0.15) is 0 Å². The van der Waals surface area contributed by atoms with Crippen molar-refractivity contribution in [2.24, 2.45) is 10.1 Å². The van der Waals surface area contributed by atoms with Crippen LogP contribution in [0.15, 0.2) is 34.4 Å². The zero-order chi connectivity index (χ0) is 12.5. The summed E-state index contributed by atoms with van der Waals surface area (Å²) in [5, 5.41) is 7.00. The van der Waals surface area contributed by atoms with E-state index in [4.69, 9.17) is 11.6 Å². The molecule has 0 radical (unpaired) electrons. The SMILES string of the molecule is O=C1CSC2SC(/N=C/c3ccc(Cl)cc3)=NN12. The summed E-state index contributed by atoms with van der Waals surface area (Å²) >= 11 is 8.88. The molecule has 0 aliphatic carbocycles. The van der Waals surface area contributed by atoms with Crippen LogP contribution in [0.3, 0.4) is 0 Å². The molecular formula is C11H8ClN3OS2. The number of amidine groups is 1. The first-order valence-electron chi connectivity index (χ1n) is 5.21. The zero-order valence-corrected chi connectivity index (χ0v) is 11.5. The first-order valence-corrected chi connectivity index (χ1v) is 7.51. The van der Waals surface area contributed by atoms with Crippen LogP contribution >= 0.6 is 35.1 Å². The third-order valence-electron chi connectivity index (χ3n) is 2.40. The van der Waals surface area contributed by atoms with Crippen molar-refractivity contribution < 1.29 is 4.79 Å². The fourth-order valence-electron chi connectivity index (χ4n) is 1.52. The highest BCUT2D eigenvalue weighted by Gasteiger charge is 2.38. The Balaban J connectivity index is 1.72. The molecule has 4 nitrogen and oxygen atoms in total. The third kappa shape index (κ3) is 2.41. The molecule has 0 aromatic heterocycles. The van der Waals surface area contributed by atoms with E-state index >= 15 is 0 Å². The quantitative estimate of drug-likeness (QED) is 0.749. The van der Waals surface area contributed by atoms with Gasteiger partial charge in [-0.1, -0.05) is 23.7 Å². The Morgan fingerprint density at radius 3 is 2.94 bits per heavy atom. The lowest BCUT2D eigenvalue weighted by Crippen LogP contribution is -2.21. The van der Waals surface area contributed by atoms with Crippen molar-refractivity contribution in [3.8, 4) is 0 Å². The average molecular weight is 298 g/mol. The van der Waals surface area contributed by atoms with Crippen molar-refractivity contribution in [3.63, 3.8) is 0 Å². The molecule has 18 heavy (non-hydrogen) atoms. The maximum atomic E-state index is 11.4. The minimum absolute atomic E-state index is 0.0502. The zero-order valence-electron chi connectivity index (χ0n) is 9.12. The van der Waals surface area contributed by atoms with Gasteiger partial charge in [0.05, 0.1) is 5.75 Å². The number of fused-ring (bicyclic) bond motifs is 1. The van der Waals surface area contributed by atoms with E-state index in [-0.39, 0.29) is 10.6 Å². The number of benzene rings is 1.